The number of rotatable bonds is 5. The van der Waals surface area contributed by atoms with E-state index in [2.05, 4.69) is 9.97 Å². The smallest absolute Gasteiger partial charge is 0.308 e. The number of nitrogens with two attached hydrogens (primary N) is 1. The van der Waals surface area contributed by atoms with Crippen LogP contribution in [0.15, 0.2) is 4.79 Å². The van der Waals surface area contributed by atoms with Crippen molar-refractivity contribution in [3.63, 3.8) is 0 Å². The van der Waals surface area contributed by atoms with Crippen molar-refractivity contribution >= 4 is 11.8 Å². The third kappa shape index (κ3) is 3.60. The number of nitrogens with one attached hydrogen (secondary N) is 1. The highest BCUT2D eigenvalue weighted by Gasteiger charge is 2.27. The highest BCUT2D eigenvalue weighted by Crippen LogP contribution is 2.35. The van der Waals surface area contributed by atoms with Crippen molar-refractivity contribution < 1.29 is 14.6 Å². The number of aromatic amines is 1. The zero-order valence-electron chi connectivity index (χ0n) is 12.1. The lowest BCUT2D eigenvalue weighted by Gasteiger charge is -2.28. The molecule has 1 aromatic heterocycles. The Morgan fingerprint density at radius 1 is 1.48 bits per heavy atom. The van der Waals surface area contributed by atoms with Crippen molar-refractivity contribution in [2.24, 2.45) is 5.92 Å². The summed E-state index contributed by atoms with van der Waals surface area (Å²) in [5.74, 6) is -0.455. The van der Waals surface area contributed by atoms with Crippen LogP contribution < -0.4 is 11.3 Å². The largest absolute Gasteiger partial charge is 0.481 e. The number of methoxy groups -OCH3 is 1. The fraction of sp³-hybridized carbons (Fsp3) is 0.643. The van der Waals surface area contributed by atoms with E-state index in [1.165, 1.54) is 6.42 Å². The topological polar surface area (TPSA) is 118 Å². The fourth-order valence-corrected chi connectivity index (χ4v) is 2.95. The van der Waals surface area contributed by atoms with Crippen LogP contribution in [0.1, 0.15) is 49.6 Å². The fourth-order valence-electron chi connectivity index (χ4n) is 2.95. The number of ether oxygens (including phenoxy) is 1. The Morgan fingerprint density at radius 3 is 2.67 bits per heavy atom. The molecule has 7 nitrogen and oxygen atoms in total. The van der Waals surface area contributed by atoms with Crippen molar-refractivity contribution in [1.82, 2.24) is 9.97 Å². The average molecular weight is 295 g/mol. The molecule has 1 atom stereocenters. The van der Waals surface area contributed by atoms with Crippen LogP contribution in [-0.2, 0) is 16.0 Å². The van der Waals surface area contributed by atoms with Crippen molar-refractivity contribution in [3.05, 3.63) is 21.7 Å². The highest BCUT2D eigenvalue weighted by atomic mass is 16.5. The molecule has 1 fully saturated rings. The van der Waals surface area contributed by atoms with Crippen molar-refractivity contribution in [3.8, 4) is 0 Å². The molecular formula is C14H21N3O4. The molecule has 1 saturated carbocycles. The lowest BCUT2D eigenvalue weighted by atomic mass is 9.85. The van der Waals surface area contributed by atoms with Gasteiger partial charge < -0.3 is 20.6 Å². The Balaban J connectivity index is 2.30. The number of carbonyl (C=O) groups is 1. The summed E-state index contributed by atoms with van der Waals surface area (Å²) < 4.78 is 5.50. The number of H-pyrrole nitrogens is 1. The van der Waals surface area contributed by atoms with Gasteiger partial charge in [0.1, 0.15) is 17.7 Å². The van der Waals surface area contributed by atoms with Gasteiger partial charge in [0.05, 0.1) is 12.0 Å². The van der Waals surface area contributed by atoms with Gasteiger partial charge >= 0.3 is 5.97 Å². The molecule has 1 aromatic rings. The lowest BCUT2D eigenvalue weighted by Crippen LogP contribution is -2.27. The van der Waals surface area contributed by atoms with Crippen LogP contribution in [0.5, 0.6) is 0 Å². The highest BCUT2D eigenvalue weighted by molar-refractivity contribution is 5.71. The van der Waals surface area contributed by atoms with Gasteiger partial charge in [-0.25, -0.2) is 4.98 Å². The predicted molar refractivity (Wildman–Crippen MR) is 76.9 cm³/mol. The maximum Gasteiger partial charge on any atom is 0.308 e. The summed E-state index contributed by atoms with van der Waals surface area (Å²) in [6.45, 7) is 0. The van der Waals surface area contributed by atoms with Gasteiger partial charge in [0, 0.05) is 7.11 Å². The summed E-state index contributed by atoms with van der Waals surface area (Å²) >= 11 is 0. The molecule has 0 bridgehead atoms. The molecule has 116 valence electrons. The Hall–Kier alpha value is -1.89. The first kappa shape index (κ1) is 15.5. The second kappa shape index (κ2) is 6.71. The van der Waals surface area contributed by atoms with Gasteiger partial charge in [-0.15, -0.1) is 0 Å². The van der Waals surface area contributed by atoms with Gasteiger partial charge in [-0.1, -0.05) is 19.3 Å². The first-order chi connectivity index (χ1) is 10.0. The van der Waals surface area contributed by atoms with Crippen LogP contribution in [0.4, 0.5) is 5.82 Å². The van der Waals surface area contributed by atoms with E-state index in [1.54, 1.807) is 7.11 Å². The molecule has 1 aliphatic rings. The first-order valence-electron chi connectivity index (χ1n) is 7.16. The quantitative estimate of drug-likeness (QED) is 0.752. The van der Waals surface area contributed by atoms with Gasteiger partial charge in [-0.2, -0.15) is 0 Å². The second-order valence-corrected chi connectivity index (χ2v) is 5.44. The van der Waals surface area contributed by atoms with Crippen LogP contribution in [0.25, 0.3) is 0 Å². The van der Waals surface area contributed by atoms with Crippen LogP contribution in [-0.4, -0.2) is 28.2 Å². The van der Waals surface area contributed by atoms with E-state index in [1.807, 2.05) is 0 Å². The monoisotopic (exact) mass is 295 g/mol. The summed E-state index contributed by atoms with van der Waals surface area (Å²) in [7, 11) is 1.58. The molecule has 0 amide bonds. The third-order valence-electron chi connectivity index (χ3n) is 4.00. The van der Waals surface area contributed by atoms with Crippen LogP contribution in [0.3, 0.4) is 0 Å². The summed E-state index contributed by atoms with van der Waals surface area (Å²) in [4.78, 5) is 29.5. The van der Waals surface area contributed by atoms with E-state index in [0.717, 1.165) is 25.7 Å². The van der Waals surface area contributed by atoms with E-state index in [4.69, 9.17) is 15.6 Å². The van der Waals surface area contributed by atoms with Gasteiger partial charge in [0.15, 0.2) is 0 Å². The van der Waals surface area contributed by atoms with Crippen LogP contribution >= 0.6 is 0 Å². The van der Waals surface area contributed by atoms with Crippen molar-refractivity contribution in [1.29, 1.82) is 0 Å². The molecule has 0 saturated heterocycles. The average Bonchev–Trinajstić information content (AvgIpc) is 2.45. The summed E-state index contributed by atoms with van der Waals surface area (Å²) in [5, 5.41) is 8.78. The molecule has 1 heterocycles. The molecule has 7 heteroatoms. The number of hydrogen-bond acceptors (Lipinski definition) is 5. The number of nitrogen functional groups attached to an aromatic ring is 1. The van der Waals surface area contributed by atoms with E-state index >= 15 is 0 Å². The Labute approximate surface area is 122 Å². The summed E-state index contributed by atoms with van der Waals surface area (Å²) in [5.41, 5.74) is 5.23. The van der Waals surface area contributed by atoms with E-state index < -0.39 is 17.9 Å². The molecule has 4 N–H and O–H groups in total. The Kier molecular flexibility index (Phi) is 4.95. The predicted octanol–water partition coefficient (Wildman–Crippen LogP) is 1.25. The van der Waals surface area contributed by atoms with Gasteiger partial charge in [0.25, 0.3) is 5.56 Å². The zero-order valence-corrected chi connectivity index (χ0v) is 12.1. The third-order valence-corrected chi connectivity index (χ3v) is 4.00. The van der Waals surface area contributed by atoms with Gasteiger partial charge in [0.2, 0.25) is 0 Å². The number of aliphatic carboxylic acids is 1. The standard InChI is InChI=1S/C14H21N3O4/c1-21-11(8-5-3-2-4-6-8)13-16-12(15)9(7-10(18)19)14(20)17-13/h8,11H,2-7H2,1H3,(H,18,19)(H3,15,16,17,20). The van der Waals surface area contributed by atoms with Crippen molar-refractivity contribution in [2.75, 3.05) is 12.8 Å². The van der Waals surface area contributed by atoms with Gasteiger partial charge in [-0.3, -0.25) is 9.59 Å². The minimum atomic E-state index is -1.11. The Morgan fingerprint density at radius 2 is 2.14 bits per heavy atom. The molecular weight excluding hydrogens is 274 g/mol. The number of carboxylic acids is 1. The second-order valence-electron chi connectivity index (χ2n) is 5.44. The molecule has 1 unspecified atom stereocenters. The van der Waals surface area contributed by atoms with Crippen molar-refractivity contribution in [2.45, 2.75) is 44.6 Å². The number of hydrogen-bond donors (Lipinski definition) is 3. The minimum Gasteiger partial charge on any atom is -0.481 e. The number of nitrogens with zero attached hydrogens (tertiary/aromatic N) is 1. The molecule has 0 aromatic carbocycles. The molecule has 0 aliphatic heterocycles. The van der Waals surface area contributed by atoms with Crippen LogP contribution in [0, 0.1) is 5.92 Å². The number of aromatic nitrogens is 2. The summed E-state index contributed by atoms with van der Waals surface area (Å²) in [6.07, 6.45) is 4.81. The SMILES string of the molecule is COC(c1nc(N)c(CC(=O)O)c(=O)[nH]1)C1CCCCC1. The lowest BCUT2D eigenvalue weighted by molar-refractivity contribution is -0.136. The molecule has 0 spiro atoms. The number of carboxylic acid groups (broad SMARTS) is 1. The molecule has 21 heavy (non-hydrogen) atoms. The van der Waals surface area contributed by atoms with E-state index in [-0.39, 0.29) is 17.5 Å². The maximum absolute atomic E-state index is 12.0. The summed E-state index contributed by atoms with van der Waals surface area (Å²) in [6, 6.07) is 0. The first-order valence-corrected chi connectivity index (χ1v) is 7.16. The van der Waals surface area contributed by atoms with E-state index in [9.17, 15) is 9.59 Å². The Bertz CT molecular complexity index is 564. The van der Waals surface area contributed by atoms with E-state index in [0.29, 0.717) is 11.7 Å². The number of anilines is 1. The molecule has 2 rings (SSSR count). The normalized spacial score (nSPS) is 17.6. The van der Waals surface area contributed by atoms with Gasteiger partial charge in [-0.05, 0) is 18.8 Å². The minimum absolute atomic E-state index is 0.00949. The molecule has 0 radical (unpaired) electrons. The van der Waals surface area contributed by atoms with Crippen LogP contribution in [0.2, 0.25) is 0 Å². The zero-order chi connectivity index (χ0) is 15.4. The molecule has 1 aliphatic carbocycles. The maximum atomic E-state index is 12.0.